The first-order valence-corrected chi connectivity index (χ1v) is 15.8. The zero-order chi connectivity index (χ0) is 29.6. The number of halogens is 1. The highest BCUT2D eigenvalue weighted by atomic mass is 32.1. The van der Waals surface area contributed by atoms with Gasteiger partial charge >= 0.3 is 0 Å². The summed E-state index contributed by atoms with van der Waals surface area (Å²) in [6, 6.07) is 38.9. The summed E-state index contributed by atoms with van der Waals surface area (Å²) in [7, 11) is 0. The van der Waals surface area contributed by atoms with Crippen molar-refractivity contribution in [2.75, 3.05) is 0 Å². The lowest BCUT2D eigenvalue weighted by Crippen LogP contribution is -2.00. The van der Waals surface area contributed by atoms with E-state index in [1.807, 2.05) is 67.0 Å². The van der Waals surface area contributed by atoms with Crippen molar-refractivity contribution in [1.29, 1.82) is 0 Å². The molecule has 1 unspecified atom stereocenters. The van der Waals surface area contributed by atoms with Crippen molar-refractivity contribution < 1.29 is 4.39 Å². The Hall–Kier alpha value is -5.59. The molecular formula is C39H23FN4S. The van der Waals surface area contributed by atoms with Gasteiger partial charge in [0.2, 0.25) is 0 Å². The van der Waals surface area contributed by atoms with E-state index < -0.39 is 6.17 Å². The molecule has 0 aliphatic heterocycles. The predicted molar refractivity (Wildman–Crippen MR) is 185 cm³/mol. The number of alkyl halides is 1. The van der Waals surface area contributed by atoms with Crippen LogP contribution < -0.4 is 0 Å². The molecule has 0 spiro atoms. The molecule has 0 saturated heterocycles. The summed E-state index contributed by atoms with van der Waals surface area (Å²) in [5.41, 5.74) is 5.93. The van der Waals surface area contributed by atoms with Crippen molar-refractivity contribution >= 4 is 80.8 Å². The van der Waals surface area contributed by atoms with Crippen LogP contribution in [-0.4, -0.2) is 18.9 Å². The van der Waals surface area contributed by atoms with Crippen molar-refractivity contribution in [2.24, 2.45) is 0 Å². The van der Waals surface area contributed by atoms with Crippen LogP contribution in [0.25, 0.3) is 75.1 Å². The first-order chi connectivity index (χ1) is 22.2. The molecule has 0 bridgehead atoms. The third-order valence-corrected chi connectivity index (χ3v) is 10.3. The van der Waals surface area contributed by atoms with Crippen LogP contribution in [0, 0.1) is 0 Å². The Morgan fingerprint density at radius 3 is 2.29 bits per heavy atom. The summed E-state index contributed by atoms with van der Waals surface area (Å²) in [5, 5.41) is 7.79. The van der Waals surface area contributed by atoms with E-state index in [4.69, 9.17) is 4.98 Å². The Labute approximate surface area is 260 Å². The maximum Gasteiger partial charge on any atom is 0.150 e. The zero-order valence-electron chi connectivity index (χ0n) is 23.9. The molecule has 5 aromatic heterocycles. The number of thiophene rings is 1. The summed E-state index contributed by atoms with van der Waals surface area (Å²) in [6.45, 7) is 0. The van der Waals surface area contributed by atoms with Crippen LogP contribution in [0.15, 0.2) is 134 Å². The average molecular weight is 599 g/mol. The van der Waals surface area contributed by atoms with E-state index in [0.717, 1.165) is 54.9 Å². The van der Waals surface area contributed by atoms with E-state index >= 15 is 4.39 Å². The molecule has 0 radical (unpaired) electrons. The molecule has 0 aliphatic rings. The lowest BCUT2D eigenvalue weighted by molar-refractivity contribution is 0.402. The topological polar surface area (TPSA) is 35.1 Å². The van der Waals surface area contributed by atoms with Gasteiger partial charge in [0, 0.05) is 66.0 Å². The Morgan fingerprint density at radius 1 is 0.600 bits per heavy atom. The number of hydrogen-bond acceptors (Lipinski definition) is 3. The number of imidazole rings is 1. The zero-order valence-corrected chi connectivity index (χ0v) is 24.7. The van der Waals surface area contributed by atoms with E-state index in [2.05, 4.69) is 74.6 Å². The highest BCUT2D eigenvalue weighted by Gasteiger charge is 2.21. The van der Waals surface area contributed by atoms with Crippen molar-refractivity contribution in [1.82, 2.24) is 18.9 Å². The lowest BCUT2D eigenvalue weighted by atomic mass is 9.98. The standard InChI is InChI=1S/C39H23FN4S/c40-36(24-16-17-26-27-10-1-4-13-32(27)43-19-18-41-38(43)30(26)21-24)23-8-7-9-25(20-23)44-33-14-5-2-12-29(33)35-37-31(22-42-39(35)44)28-11-3-6-15-34(28)45-37/h1-22,36H. The van der Waals surface area contributed by atoms with E-state index in [1.54, 1.807) is 17.5 Å². The van der Waals surface area contributed by atoms with Crippen LogP contribution in [0.1, 0.15) is 17.3 Å². The molecule has 4 nitrogen and oxygen atoms in total. The molecule has 0 aliphatic carbocycles. The van der Waals surface area contributed by atoms with Crippen molar-refractivity contribution in [3.8, 4) is 5.69 Å². The first kappa shape index (κ1) is 24.8. The summed E-state index contributed by atoms with van der Waals surface area (Å²) in [4.78, 5) is 9.67. The smallest absolute Gasteiger partial charge is 0.150 e. The summed E-state index contributed by atoms with van der Waals surface area (Å²) >= 11 is 1.80. The molecule has 0 saturated carbocycles. The van der Waals surface area contributed by atoms with Crippen LogP contribution in [0.4, 0.5) is 4.39 Å². The minimum atomic E-state index is -1.31. The monoisotopic (exact) mass is 598 g/mol. The maximum atomic E-state index is 16.6. The third kappa shape index (κ3) is 3.45. The first-order valence-electron chi connectivity index (χ1n) is 15.0. The van der Waals surface area contributed by atoms with Gasteiger partial charge in [-0.2, -0.15) is 0 Å². The fourth-order valence-corrected chi connectivity index (χ4v) is 8.33. The average Bonchev–Trinajstić information content (AvgIpc) is 3.82. The van der Waals surface area contributed by atoms with E-state index in [-0.39, 0.29) is 0 Å². The predicted octanol–water partition coefficient (Wildman–Crippen LogP) is 10.6. The second kappa shape index (κ2) is 9.21. The second-order valence-electron chi connectivity index (χ2n) is 11.6. The van der Waals surface area contributed by atoms with Gasteiger partial charge in [-0.15, -0.1) is 11.3 Å². The lowest BCUT2D eigenvalue weighted by Gasteiger charge is -2.14. The van der Waals surface area contributed by atoms with Gasteiger partial charge in [0.05, 0.1) is 11.0 Å². The van der Waals surface area contributed by atoms with Crippen LogP contribution in [0.2, 0.25) is 0 Å². The summed E-state index contributed by atoms with van der Waals surface area (Å²) < 4.78 is 23.3. The molecule has 10 aromatic rings. The van der Waals surface area contributed by atoms with Crippen LogP contribution in [0.3, 0.4) is 0 Å². The molecule has 5 aromatic carbocycles. The normalized spacial score (nSPS) is 12.9. The number of nitrogens with zero attached hydrogens (tertiary/aromatic N) is 4. The van der Waals surface area contributed by atoms with Crippen LogP contribution in [0.5, 0.6) is 0 Å². The Morgan fingerprint density at radius 2 is 1.38 bits per heavy atom. The van der Waals surface area contributed by atoms with Gasteiger partial charge in [-0.05, 0) is 52.9 Å². The number of rotatable bonds is 3. The molecule has 212 valence electrons. The third-order valence-electron chi connectivity index (χ3n) is 9.12. The maximum absolute atomic E-state index is 16.6. The van der Waals surface area contributed by atoms with Crippen molar-refractivity contribution in [2.45, 2.75) is 6.17 Å². The Balaban J connectivity index is 1.16. The largest absolute Gasteiger partial charge is 0.299 e. The summed E-state index contributed by atoms with van der Waals surface area (Å²) in [6.07, 6.45) is 4.44. The molecule has 1 atom stereocenters. The minimum Gasteiger partial charge on any atom is -0.299 e. The summed E-state index contributed by atoms with van der Waals surface area (Å²) in [5.74, 6) is 0. The fraction of sp³-hybridized carbons (Fsp3) is 0.0256. The van der Waals surface area contributed by atoms with Gasteiger partial charge in [-0.3, -0.25) is 8.97 Å². The molecule has 5 heterocycles. The quantitative estimate of drug-likeness (QED) is 0.190. The van der Waals surface area contributed by atoms with Gasteiger partial charge < -0.3 is 0 Å². The van der Waals surface area contributed by atoms with E-state index in [1.165, 1.54) is 20.2 Å². The molecule has 0 amide bonds. The molecule has 6 heteroatoms. The van der Waals surface area contributed by atoms with Gasteiger partial charge in [-0.25, -0.2) is 14.4 Å². The molecular weight excluding hydrogens is 576 g/mol. The number of aromatic nitrogens is 4. The number of para-hydroxylation sites is 2. The Bertz CT molecular complexity index is 2810. The van der Waals surface area contributed by atoms with Gasteiger partial charge in [0.1, 0.15) is 11.3 Å². The Kier molecular flexibility index (Phi) is 5.08. The van der Waals surface area contributed by atoms with Crippen LogP contribution >= 0.6 is 11.3 Å². The van der Waals surface area contributed by atoms with Crippen molar-refractivity contribution in [3.05, 3.63) is 145 Å². The molecule has 0 N–H and O–H groups in total. The second-order valence-corrected chi connectivity index (χ2v) is 12.6. The fourth-order valence-electron chi connectivity index (χ4n) is 7.10. The molecule has 0 fully saturated rings. The number of fused-ring (bicyclic) bond motifs is 13. The van der Waals surface area contributed by atoms with Crippen LogP contribution in [-0.2, 0) is 0 Å². The molecule has 10 rings (SSSR count). The van der Waals surface area contributed by atoms with Crippen molar-refractivity contribution in [3.63, 3.8) is 0 Å². The SMILES string of the molecule is FC(c1cccc(-n2c3ccccc3c3c4sc5ccccc5c4cnc32)c1)c1ccc2c3ccccc3n3ccnc3c2c1. The number of benzene rings is 5. The highest BCUT2D eigenvalue weighted by Crippen LogP contribution is 2.42. The van der Waals surface area contributed by atoms with Gasteiger partial charge in [0.15, 0.2) is 6.17 Å². The van der Waals surface area contributed by atoms with E-state index in [0.29, 0.717) is 11.1 Å². The van der Waals surface area contributed by atoms with Gasteiger partial charge in [-0.1, -0.05) is 78.9 Å². The number of pyridine rings is 2. The molecule has 45 heavy (non-hydrogen) atoms. The van der Waals surface area contributed by atoms with Gasteiger partial charge in [0.25, 0.3) is 0 Å². The number of hydrogen-bond donors (Lipinski definition) is 0. The van der Waals surface area contributed by atoms with E-state index in [9.17, 15) is 0 Å². The highest BCUT2D eigenvalue weighted by molar-refractivity contribution is 7.26. The minimum absolute atomic E-state index is 0.598.